The maximum atomic E-state index is 3.57. The molecule has 0 aliphatic rings. The summed E-state index contributed by atoms with van der Waals surface area (Å²) in [5.41, 5.74) is 1.40. The van der Waals surface area contributed by atoms with Gasteiger partial charge in [0.05, 0.1) is 0 Å². The Kier molecular flexibility index (Phi) is 6.68. The first-order valence-electron chi connectivity index (χ1n) is 6.55. The van der Waals surface area contributed by atoms with E-state index in [1.54, 1.807) is 0 Å². The van der Waals surface area contributed by atoms with Gasteiger partial charge in [-0.1, -0.05) is 58.0 Å². The molecule has 1 N–H and O–H groups in total. The van der Waals surface area contributed by atoms with Crippen LogP contribution in [0.3, 0.4) is 0 Å². The van der Waals surface area contributed by atoms with E-state index in [1.165, 1.54) is 5.56 Å². The zero-order chi connectivity index (χ0) is 12.7. The molecule has 17 heavy (non-hydrogen) atoms. The van der Waals surface area contributed by atoms with Gasteiger partial charge in [-0.15, -0.1) is 0 Å². The molecule has 2 heteroatoms. The first-order chi connectivity index (χ1) is 8.15. The molecule has 1 aromatic carbocycles. The maximum Gasteiger partial charge on any atom is 0.0411 e. The lowest BCUT2D eigenvalue weighted by molar-refractivity contribution is 0.598. The zero-order valence-corrected chi connectivity index (χ0v) is 12.3. The van der Waals surface area contributed by atoms with Crippen LogP contribution in [0.5, 0.6) is 0 Å². The van der Waals surface area contributed by atoms with Crippen LogP contribution < -0.4 is 5.32 Å². The third-order valence-corrected chi connectivity index (χ3v) is 4.71. The van der Waals surface area contributed by atoms with Gasteiger partial charge < -0.3 is 5.32 Å². The molecule has 0 aliphatic carbocycles. The van der Waals surface area contributed by atoms with Crippen molar-refractivity contribution in [2.24, 2.45) is 5.92 Å². The molecular formula is C15H25NS. The van der Waals surface area contributed by atoms with Gasteiger partial charge in [-0.2, -0.15) is 11.8 Å². The minimum atomic E-state index is 0.479. The number of benzene rings is 1. The van der Waals surface area contributed by atoms with Gasteiger partial charge >= 0.3 is 0 Å². The van der Waals surface area contributed by atoms with Crippen molar-refractivity contribution in [2.75, 3.05) is 12.3 Å². The highest BCUT2D eigenvalue weighted by Gasteiger charge is 2.13. The maximum absolute atomic E-state index is 3.57. The van der Waals surface area contributed by atoms with Crippen molar-refractivity contribution in [3.05, 3.63) is 35.9 Å². The van der Waals surface area contributed by atoms with E-state index in [1.807, 2.05) is 0 Å². The zero-order valence-electron chi connectivity index (χ0n) is 11.4. The molecule has 0 saturated carbocycles. The van der Waals surface area contributed by atoms with Gasteiger partial charge in [-0.05, 0) is 18.0 Å². The summed E-state index contributed by atoms with van der Waals surface area (Å²) in [5, 5.41) is 4.29. The topological polar surface area (TPSA) is 12.0 Å². The smallest absolute Gasteiger partial charge is 0.0411 e. The fourth-order valence-electron chi connectivity index (χ4n) is 1.65. The molecule has 0 radical (unpaired) electrons. The fourth-order valence-corrected chi connectivity index (χ4v) is 2.84. The van der Waals surface area contributed by atoms with Crippen molar-refractivity contribution in [1.29, 1.82) is 0 Å². The average Bonchev–Trinajstić information content (AvgIpc) is 2.35. The molecule has 0 aromatic heterocycles. The summed E-state index contributed by atoms with van der Waals surface area (Å²) < 4.78 is 0. The normalized spacial score (nSPS) is 14.9. The Bertz CT molecular complexity index is 297. The average molecular weight is 251 g/mol. The summed E-state index contributed by atoms with van der Waals surface area (Å²) in [6, 6.07) is 11.2. The van der Waals surface area contributed by atoms with Crippen LogP contribution in [0.4, 0.5) is 0 Å². The largest absolute Gasteiger partial charge is 0.310 e. The van der Waals surface area contributed by atoms with Crippen LogP contribution in [0.2, 0.25) is 0 Å². The summed E-state index contributed by atoms with van der Waals surface area (Å²) in [7, 11) is 0. The molecule has 2 atom stereocenters. The minimum absolute atomic E-state index is 0.479. The summed E-state index contributed by atoms with van der Waals surface area (Å²) in [6.07, 6.45) is 0. The van der Waals surface area contributed by atoms with Gasteiger partial charge in [0.15, 0.2) is 0 Å². The van der Waals surface area contributed by atoms with E-state index in [-0.39, 0.29) is 0 Å². The van der Waals surface area contributed by atoms with Crippen LogP contribution in [0, 0.1) is 5.92 Å². The SMILES string of the molecule is CCNC(CSC(C)C(C)C)c1ccccc1. The first kappa shape index (κ1) is 14.6. The molecule has 0 saturated heterocycles. The number of hydrogen-bond donors (Lipinski definition) is 1. The molecule has 0 spiro atoms. The second kappa shape index (κ2) is 7.78. The molecule has 1 nitrogen and oxygen atoms in total. The summed E-state index contributed by atoms with van der Waals surface area (Å²) in [4.78, 5) is 0. The molecule has 2 unspecified atom stereocenters. The minimum Gasteiger partial charge on any atom is -0.310 e. The van der Waals surface area contributed by atoms with Crippen LogP contribution in [0.1, 0.15) is 39.3 Å². The van der Waals surface area contributed by atoms with Crippen LogP contribution in [-0.2, 0) is 0 Å². The Morgan fingerprint density at radius 3 is 2.29 bits per heavy atom. The molecule has 0 aliphatic heterocycles. The van der Waals surface area contributed by atoms with E-state index in [4.69, 9.17) is 0 Å². The molecular weight excluding hydrogens is 226 g/mol. The lowest BCUT2D eigenvalue weighted by Crippen LogP contribution is -2.24. The summed E-state index contributed by atoms with van der Waals surface area (Å²) >= 11 is 2.06. The lowest BCUT2D eigenvalue weighted by Gasteiger charge is -2.22. The predicted octanol–water partition coefficient (Wildman–Crippen LogP) is 4.11. The quantitative estimate of drug-likeness (QED) is 0.782. The van der Waals surface area contributed by atoms with Crippen molar-refractivity contribution in [1.82, 2.24) is 5.32 Å². The molecule has 96 valence electrons. The molecule has 0 bridgehead atoms. The monoisotopic (exact) mass is 251 g/mol. The van der Waals surface area contributed by atoms with Crippen molar-refractivity contribution in [2.45, 2.75) is 39.0 Å². The number of nitrogens with one attached hydrogen (secondary N) is 1. The Hall–Kier alpha value is -0.470. The lowest BCUT2D eigenvalue weighted by atomic mass is 10.1. The second-order valence-electron chi connectivity index (χ2n) is 4.80. The van der Waals surface area contributed by atoms with Crippen molar-refractivity contribution >= 4 is 11.8 Å². The van der Waals surface area contributed by atoms with Crippen molar-refractivity contribution in [3.63, 3.8) is 0 Å². The van der Waals surface area contributed by atoms with Gasteiger partial charge in [0, 0.05) is 17.0 Å². The first-order valence-corrected chi connectivity index (χ1v) is 7.60. The number of thioether (sulfide) groups is 1. The van der Waals surface area contributed by atoms with Gasteiger partial charge in [-0.25, -0.2) is 0 Å². The Morgan fingerprint density at radius 2 is 1.76 bits per heavy atom. The van der Waals surface area contributed by atoms with Gasteiger partial charge in [0.1, 0.15) is 0 Å². The third-order valence-electron chi connectivity index (χ3n) is 3.12. The van der Waals surface area contributed by atoms with E-state index < -0.39 is 0 Å². The number of rotatable bonds is 7. The summed E-state index contributed by atoms with van der Waals surface area (Å²) in [6.45, 7) is 10.1. The standard InChI is InChI=1S/C15H25NS/c1-5-16-15(11-17-13(4)12(2)3)14-9-7-6-8-10-14/h6-10,12-13,15-16H,5,11H2,1-4H3. The molecule has 0 fully saturated rings. The molecule has 1 aromatic rings. The van der Waals surface area contributed by atoms with E-state index in [0.717, 1.165) is 23.5 Å². The van der Waals surface area contributed by atoms with Crippen LogP contribution in [-0.4, -0.2) is 17.5 Å². The molecule has 0 heterocycles. The van der Waals surface area contributed by atoms with E-state index in [9.17, 15) is 0 Å². The molecule has 1 rings (SSSR count). The Balaban J connectivity index is 2.55. The predicted molar refractivity (Wildman–Crippen MR) is 79.6 cm³/mol. The highest BCUT2D eigenvalue weighted by Crippen LogP contribution is 2.24. The highest BCUT2D eigenvalue weighted by atomic mass is 32.2. The summed E-state index contributed by atoms with van der Waals surface area (Å²) in [5.74, 6) is 1.90. The van der Waals surface area contributed by atoms with Gasteiger partial charge in [0.25, 0.3) is 0 Å². The van der Waals surface area contributed by atoms with E-state index in [0.29, 0.717) is 6.04 Å². The van der Waals surface area contributed by atoms with Gasteiger partial charge in [-0.3, -0.25) is 0 Å². The second-order valence-corrected chi connectivity index (χ2v) is 6.21. The van der Waals surface area contributed by atoms with Crippen LogP contribution in [0.15, 0.2) is 30.3 Å². The molecule has 0 amide bonds. The number of hydrogen-bond acceptors (Lipinski definition) is 2. The fraction of sp³-hybridized carbons (Fsp3) is 0.600. The highest BCUT2D eigenvalue weighted by molar-refractivity contribution is 7.99. The van der Waals surface area contributed by atoms with Crippen molar-refractivity contribution < 1.29 is 0 Å². The Morgan fingerprint density at radius 1 is 1.12 bits per heavy atom. The van der Waals surface area contributed by atoms with E-state index >= 15 is 0 Å². The third kappa shape index (κ3) is 5.13. The van der Waals surface area contributed by atoms with E-state index in [2.05, 4.69) is 75.1 Å². The van der Waals surface area contributed by atoms with Crippen LogP contribution in [0.25, 0.3) is 0 Å². The Labute approximate surface area is 110 Å². The van der Waals surface area contributed by atoms with Crippen LogP contribution >= 0.6 is 11.8 Å². The van der Waals surface area contributed by atoms with Crippen molar-refractivity contribution in [3.8, 4) is 0 Å². The van der Waals surface area contributed by atoms with Gasteiger partial charge in [0.2, 0.25) is 0 Å².